The summed E-state index contributed by atoms with van der Waals surface area (Å²) in [6.07, 6.45) is 6.43. The Kier molecular flexibility index (Phi) is 6.85. The number of amides is 1. The molecule has 1 aliphatic heterocycles. The summed E-state index contributed by atoms with van der Waals surface area (Å²) in [4.78, 5) is 15.4. The highest BCUT2D eigenvalue weighted by molar-refractivity contribution is 6.22. The van der Waals surface area contributed by atoms with Gasteiger partial charge < -0.3 is 4.74 Å². The Morgan fingerprint density at radius 2 is 2.09 bits per heavy atom. The molecule has 0 radical (unpaired) electrons. The Bertz CT molecular complexity index is 1010. The van der Waals surface area contributed by atoms with Gasteiger partial charge in [0.05, 0.1) is 35.6 Å². The van der Waals surface area contributed by atoms with E-state index in [4.69, 9.17) is 33.0 Å². The highest BCUT2D eigenvalue weighted by atomic mass is 35.5. The van der Waals surface area contributed by atoms with Gasteiger partial charge in [0.2, 0.25) is 0 Å². The number of alkyl halides is 2. The number of hydrogen-bond donors (Lipinski definition) is 0. The molecule has 3 unspecified atom stereocenters. The third kappa shape index (κ3) is 3.95. The summed E-state index contributed by atoms with van der Waals surface area (Å²) in [6, 6.07) is -0.436. The van der Waals surface area contributed by atoms with Crippen molar-refractivity contribution in [3.8, 4) is 0 Å². The second-order valence-corrected chi connectivity index (χ2v) is 10.2. The second-order valence-electron chi connectivity index (χ2n) is 9.07. The maximum atomic E-state index is 15.3. The molecule has 1 aromatic heterocycles. The van der Waals surface area contributed by atoms with Crippen LogP contribution in [0.4, 0.5) is 4.39 Å². The molecule has 0 fully saturated rings. The lowest BCUT2D eigenvalue weighted by atomic mass is 9.87. The summed E-state index contributed by atoms with van der Waals surface area (Å²) >= 11 is 12.6. The van der Waals surface area contributed by atoms with E-state index in [9.17, 15) is 4.79 Å². The summed E-state index contributed by atoms with van der Waals surface area (Å²) in [5.41, 5.74) is 4.72. The van der Waals surface area contributed by atoms with E-state index in [-0.39, 0.29) is 17.2 Å². The van der Waals surface area contributed by atoms with Crippen molar-refractivity contribution in [3.05, 3.63) is 51.8 Å². The SMILES string of the molecule is COCCn1nc2c(c1C(C)C)C(C1=C(C)CC(Cl)C=C1)N(C1=C(F)C(Cl)CCC1)C2=O. The minimum Gasteiger partial charge on any atom is -0.383 e. The molecule has 1 aromatic rings. The van der Waals surface area contributed by atoms with Gasteiger partial charge in [0.25, 0.3) is 5.91 Å². The molecule has 4 rings (SSSR count). The summed E-state index contributed by atoms with van der Waals surface area (Å²) in [5, 5.41) is 3.91. The fraction of sp³-hybridized carbons (Fsp3) is 0.583. The first kappa shape index (κ1) is 23.5. The van der Waals surface area contributed by atoms with E-state index in [0.29, 0.717) is 43.8 Å². The summed E-state index contributed by atoms with van der Waals surface area (Å²) in [6.45, 7) is 7.26. The van der Waals surface area contributed by atoms with Gasteiger partial charge in [-0.1, -0.05) is 31.6 Å². The number of carbonyl (C=O) groups excluding carboxylic acids is 1. The predicted molar refractivity (Wildman–Crippen MR) is 125 cm³/mol. The largest absolute Gasteiger partial charge is 0.383 e. The number of fused-ring (bicyclic) bond motifs is 1. The van der Waals surface area contributed by atoms with Crippen LogP contribution in [0.3, 0.4) is 0 Å². The predicted octanol–water partition coefficient (Wildman–Crippen LogP) is 6.01. The average Bonchev–Trinajstić information content (AvgIpc) is 3.24. The van der Waals surface area contributed by atoms with Gasteiger partial charge >= 0.3 is 0 Å². The number of methoxy groups -OCH3 is 1. The summed E-state index contributed by atoms with van der Waals surface area (Å²) in [7, 11) is 1.65. The number of halogens is 3. The highest BCUT2D eigenvalue weighted by Gasteiger charge is 2.47. The molecule has 8 heteroatoms. The van der Waals surface area contributed by atoms with Crippen molar-refractivity contribution in [3.63, 3.8) is 0 Å². The zero-order valence-corrected chi connectivity index (χ0v) is 20.5. The van der Waals surface area contributed by atoms with Crippen LogP contribution in [0.15, 0.2) is 34.8 Å². The van der Waals surface area contributed by atoms with Crippen LogP contribution >= 0.6 is 23.2 Å². The van der Waals surface area contributed by atoms with Crippen molar-refractivity contribution in [2.75, 3.05) is 13.7 Å². The molecule has 3 aliphatic rings. The molecule has 5 nitrogen and oxygen atoms in total. The molecule has 2 aliphatic carbocycles. The number of rotatable bonds is 6. The molecule has 32 heavy (non-hydrogen) atoms. The number of ether oxygens (including phenoxy) is 1. The lowest BCUT2D eigenvalue weighted by Crippen LogP contribution is -2.33. The second kappa shape index (κ2) is 9.32. The van der Waals surface area contributed by atoms with Crippen molar-refractivity contribution < 1.29 is 13.9 Å². The molecule has 0 aromatic carbocycles. The van der Waals surface area contributed by atoms with Gasteiger partial charge in [0.15, 0.2) is 5.69 Å². The first-order valence-corrected chi connectivity index (χ1v) is 12.1. The Balaban J connectivity index is 1.93. The normalized spacial score (nSPS) is 26.1. The molecule has 0 spiro atoms. The van der Waals surface area contributed by atoms with Gasteiger partial charge in [-0.05, 0) is 44.1 Å². The van der Waals surface area contributed by atoms with E-state index in [1.165, 1.54) is 0 Å². The maximum Gasteiger partial charge on any atom is 0.279 e. The third-order valence-electron chi connectivity index (χ3n) is 6.52. The molecular weight excluding hydrogens is 452 g/mol. The quantitative estimate of drug-likeness (QED) is 0.467. The zero-order chi connectivity index (χ0) is 23.2. The van der Waals surface area contributed by atoms with Crippen LogP contribution in [0.5, 0.6) is 0 Å². The van der Waals surface area contributed by atoms with E-state index in [1.807, 2.05) is 23.8 Å². The van der Waals surface area contributed by atoms with Gasteiger partial charge in [-0.2, -0.15) is 5.10 Å². The number of hydrogen-bond acceptors (Lipinski definition) is 3. The lowest BCUT2D eigenvalue weighted by molar-refractivity contribution is 0.0780. The molecule has 2 heterocycles. The van der Waals surface area contributed by atoms with Gasteiger partial charge in [0.1, 0.15) is 5.83 Å². The summed E-state index contributed by atoms with van der Waals surface area (Å²) in [5.74, 6) is -0.535. The molecule has 0 saturated carbocycles. The Hall–Kier alpha value is -1.63. The van der Waals surface area contributed by atoms with Crippen molar-refractivity contribution in [2.24, 2.45) is 0 Å². The van der Waals surface area contributed by atoms with E-state index in [0.717, 1.165) is 28.8 Å². The van der Waals surface area contributed by atoms with E-state index >= 15 is 4.39 Å². The monoisotopic (exact) mass is 481 g/mol. The molecule has 174 valence electrons. The molecule has 1 amide bonds. The number of aromatic nitrogens is 2. The Morgan fingerprint density at radius 3 is 2.75 bits per heavy atom. The number of allylic oxidation sites excluding steroid dienone is 4. The standard InChI is InChI=1S/C24H30Cl2FN3O2/c1-13(2)22-19-21(28-29(22)10-11-32-4)24(31)30(18-7-5-6-17(26)20(18)27)23(19)16-9-8-15(25)12-14(16)3/h8-9,13,15,17,23H,5-7,10-12H2,1-4H3. The Morgan fingerprint density at radius 1 is 1.34 bits per heavy atom. The van der Waals surface area contributed by atoms with Gasteiger partial charge in [-0.25, -0.2) is 4.39 Å². The van der Waals surface area contributed by atoms with Gasteiger partial charge in [-0.15, -0.1) is 23.2 Å². The fourth-order valence-corrected chi connectivity index (χ4v) is 5.66. The van der Waals surface area contributed by atoms with Crippen LogP contribution < -0.4 is 0 Å². The highest BCUT2D eigenvalue weighted by Crippen LogP contribution is 2.49. The topological polar surface area (TPSA) is 47.4 Å². The molecular formula is C24H30Cl2FN3O2. The van der Waals surface area contributed by atoms with E-state index in [1.54, 1.807) is 12.0 Å². The molecule has 0 bridgehead atoms. The molecule has 0 N–H and O–H groups in total. The van der Waals surface area contributed by atoms with Crippen LogP contribution in [0.1, 0.15) is 80.2 Å². The zero-order valence-electron chi connectivity index (χ0n) is 19.0. The van der Waals surface area contributed by atoms with Gasteiger partial charge in [0, 0.05) is 18.4 Å². The first-order valence-electron chi connectivity index (χ1n) is 11.2. The minimum atomic E-state index is -0.699. The maximum absolute atomic E-state index is 15.3. The van der Waals surface area contributed by atoms with Crippen LogP contribution in [0.25, 0.3) is 0 Å². The van der Waals surface area contributed by atoms with Gasteiger partial charge in [-0.3, -0.25) is 14.4 Å². The van der Waals surface area contributed by atoms with Crippen molar-refractivity contribution in [1.29, 1.82) is 0 Å². The summed E-state index contributed by atoms with van der Waals surface area (Å²) < 4.78 is 22.4. The first-order chi connectivity index (χ1) is 15.3. The van der Waals surface area contributed by atoms with Crippen molar-refractivity contribution >= 4 is 29.1 Å². The van der Waals surface area contributed by atoms with E-state index < -0.39 is 17.2 Å². The lowest BCUT2D eigenvalue weighted by Gasteiger charge is -2.34. The van der Waals surface area contributed by atoms with Crippen LogP contribution in [0, 0.1) is 0 Å². The van der Waals surface area contributed by atoms with Crippen LogP contribution in [0.2, 0.25) is 0 Å². The van der Waals surface area contributed by atoms with Crippen molar-refractivity contribution in [2.45, 2.75) is 75.7 Å². The van der Waals surface area contributed by atoms with Crippen molar-refractivity contribution in [1.82, 2.24) is 14.7 Å². The van der Waals surface area contributed by atoms with E-state index in [2.05, 4.69) is 13.8 Å². The average molecular weight is 482 g/mol. The third-order valence-corrected chi connectivity index (χ3v) is 7.23. The number of nitrogens with zero attached hydrogens (tertiary/aromatic N) is 3. The fourth-order valence-electron chi connectivity index (χ4n) is 5.07. The minimum absolute atomic E-state index is 0.0874. The Labute approximate surface area is 198 Å². The van der Waals surface area contributed by atoms with Crippen LogP contribution in [-0.4, -0.2) is 45.1 Å². The molecule has 3 atom stereocenters. The van der Waals surface area contributed by atoms with Crippen LogP contribution in [-0.2, 0) is 11.3 Å². The smallest absolute Gasteiger partial charge is 0.279 e. The number of carbonyl (C=O) groups is 1. The molecule has 0 saturated heterocycles.